The molecule has 0 amide bonds. The molecule has 0 bridgehead atoms. The number of ether oxygens (including phenoxy) is 2. The summed E-state index contributed by atoms with van der Waals surface area (Å²) in [6.07, 6.45) is 46.5. The Kier molecular flexibility index (Phi) is 31.8. The van der Waals surface area contributed by atoms with Crippen LogP contribution in [0, 0.1) is 0 Å². The van der Waals surface area contributed by atoms with Crippen LogP contribution in [0.4, 0.5) is 0 Å². The van der Waals surface area contributed by atoms with Crippen LogP contribution in [-0.2, 0) is 19.1 Å². The highest BCUT2D eigenvalue weighted by Gasteiger charge is 2.12. The van der Waals surface area contributed by atoms with Gasteiger partial charge in [0.05, 0.1) is 0 Å². The Bertz CT molecular complexity index is 815. The van der Waals surface area contributed by atoms with Crippen molar-refractivity contribution in [3.8, 4) is 0 Å². The smallest absolute Gasteiger partial charge is 0.306 e. The van der Waals surface area contributed by atoms with Crippen molar-refractivity contribution in [1.29, 1.82) is 0 Å². The summed E-state index contributed by atoms with van der Waals surface area (Å²) in [5.41, 5.74) is 0. The van der Waals surface area contributed by atoms with Gasteiger partial charge in [0.2, 0.25) is 0 Å². The molecule has 0 aliphatic heterocycles. The molecule has 0 aliphatic carbocycles. The zero-order valence-corrected chi connectivity index (χ0v) is 28.0. The highest BCUT2D eigenvalue weighted by atomic mass is 16.6. The Morgan fingerprint density at radius 3 is 1.33 bits per heavy atom. The first-order valence-electron chi connectivity index (χ1n) is 17.3. The zero-order chi connectivity index (χ0) is 31.5. The Morgan fingerprint density at radius 1 is 0.488 bits per heavy atom. The molecule has 0 aromatic carbocycles. The Labute approximate surface area is 265 Å². The molecule has 0 radical (unpaired) electrons. The number of carbonyl (C=O) groups excluding carboxylic acids is 2. The second-order valence-corrected chi connectivity index (χ2v) is 11.2. The lowest BCUT2D eigenvalue weighted by Gasteiger charge is -2.13. The van der Waals surface area contributed by atoms with Crippen LogP contribution in [0.2, 0.25) is 0 Å². The average molecular weight is 597 g/mol. The summed E-state index contributed by atoms with van der Waals surface area (Å²) in [6, 6.07) is 0. The zero-order valence-electron chi connectivity index (χ0n) is 28.0. The van der Waals surface area contributed by atoms with Crippen LogP contribution in [0.25, 0.3) is 0 Å². The van der Waals surface area contributed by atoms with E-state index in [1.165, 1.54) is 25.7 Å². The van der Waals surface area contributed by atoms with Crippen molar-refractivity contribution >= 4 is 11.9 Å². The first-order valence-corrected chi connectivity index (χ1v) is 17.3. The number of unbranched alkanes of at least 4 members (excludes halogenated alkanes) is 10. The fourth-order valence-corrected chi connectivity index (χ4v) is 4.38. The quantitative estimate of drug-likeness (QED) is 0.0489. The number of allylic oxidation sites excluding steroid dienone is 12. The lowest BCUT2D eigenvalue weighted by molar-refractivity contribution is -0.158. The van der Waals surface area contributed by atoms with Crippen molar-refractivity contribution in [2.45, 2.75) is 155 Å². The van der Waals surface area contributed by atoms with Gasteiger partial charge >= 0.3 is 11.9 Å². The van der Waals surface area contributed by atoms with Gasteiger partial charge in [-0.15, -0.1) is 0 Å². The van der Waals surface area contributed by atoms with E-state index in [9.17, 15) is 9.59 Å². The largest absolute Gasteiger partial charge is 0.462 e. The van der Waals surface area contributed by atoms with Gasteiger partial charge < -0.3 is 9.47 Å². The molecule has 0 aliphatic rings. The van der Waals surface area contributed by atoms with Crippen LogP contribution >= 0.6 is 0 Å². The van der Waals surface area contributed by atoms with E-state index in [0.29, 0.717) is 12.8 Å². The van der Waals surface area contributed by atoms with E-state index >= 15 is 0 Å². The topological polar surface area (TPSA) is 52.6 Å². The third-order valence-electron chi connectivity index (χ3n) is 6.88. The van der Waals surface area contributed by atoms with Crippen molar-refractivity contribution in [2.75, 3.05) is 6.61 Å². The monoisotopic (exact) mass is 596 g/mol. The molecule has 0 aromatic heterocycles. The van der Waals surface area contributed by atoms with Crippen molar-refractivity contribution in [2.24, 2.45) is 0 Å². The lowest BCUT2D eigenvalue weighted by Crippen LogP contribution is -2.22. The highest BCUT2D eigenvalue weighted by molar-refractivity contribution is 5.70. The summed E-state index contributed by atoms with van der Waals surface area (Å²) in [5.74, 6) is -0.397. The molecule has 1 atom stereocenters. The summed E-state index contributed by atoms with van der Waals surface area (Å²) in [4.78, 5) is 24.1. The van der Waals surface area contributed by atoms with Crippen LogP contribution in [0.5, 0.6) is 0 Å². The van der Waals surface area contributed by atoms with Crippen molar-refractivity contribution in [1.82, 2.24) is 0 Å². The third-order valence-corrected chi connectivity index (χ3v) is 6.88. The Morgan fingerprint density at radius 2 is 0.860 bits per heavy atom. The molecule has 4 heteroatoms. The summed E-state index contributed by atoms with van der Waals surface area (Å²) in [5, 5.41) is 0. The lowest BCUT2D eigenvalue weighted by atomic mass is 10.1. The molecular formula is C39H64O4. The molecule has 0 heterocycles. The Hall–Kier alpha value is -2.62. The minimum atomic E-state index is -0.396. The third kappa shape index (κ3) is 33.7. The van der Waals surface area contributed by atoms with E-state index in [4.69, 9.17) is 9.47 Å². The molecule has 0 aromatic rings. The number of hydrogen-bond donors (Lipinski definition) is 0. The van der Waals surface area contributed by atoms with Crippen LogP contribution in [0.15, 0.2) is 72.9 Å². The molecule has 0 fully saturated rings. The molecule has 43 heavy (non-hydrogen) atoms. The normalized spacial score (nSPS) is 13.1. The maximum atomic E-state index is 12.1. The van der Waals surface area contributed by atoms with Gasteiger partial charge in [-0.1, -0.05) is 125 Å². The number of rotatable bonds is 29. The Balaban J connectivity index is 3.55. The van der Waals surface area contributed by atoms with E-state index in [0.717, 1.165) is 89.9 Å². The highest BCUT2D eigenvalue weighted by Crippen LogP contribution is 2.11. The van der Waals surface area contributed by atoms with Gasteiger partial charge in [0, 0.05) is 12.8 Å². The number of esters is 2. The summed E-state index contributed by atoms with van der Waals surface area (Å²) in [7, 11) is 0. The summed E-state index contributed by atoms with van der Waals surface area (Å²) >= 11 is 0. The van der Waals surface area contributed by atoms with Crippen molar-refractivity contribution < 1.29 is 19.1 Å². The first-order chi connectivity index (χ1) is 21.1. The van der Waals surface area contributed by atoms with Gasteiger partial charge in [-0.3, -0.25) is 9.59 Å². The van der Waals surface area contributed by atoms with Crippen LogP contribution in [0.3, 0.4) is 0 Å². The van der Waals surface area contributed by atoms with E-state index < -0.39 is 6.10 Å². The van der Waals surface area contributed by atoms with Gasteiger partial charge in [-0.25, -0.2) is 0 Å². The van der Waals surface area contributed by atoms with Crippen molar-refractivity contribution in [3.63, 3.8) is 0 Å². The van der Waals surface area contributed by atoms with Crippen LogP contribution in [-0.4, -0.2) is 24.6 Å². The molecule has 244 valence electrons. The summed E-state index contributed by atoms with van der Waals surface area (Å²) in [6.45, 7) is 6.23. The van der Waals surface area contributed by atoms with Gasteiger partial charge in [-0.2, -0.15) is 0 Å². The fourth-order valence-electron chi connectivity index (χ4n) is 4.38. The molecule has 4 nitrogen and oxygen atoms in total. The second kappa shape index (κ2) is 33.9. The maximum absolute atomic E-state index is 12.1. The van der Waals surface area contributed by atoms with Crippen LogP contribution in [0.1, 0.15) is 149 Å². The molecule has 0 saturated heterocycles. The number of carbonyl (C=O) groups is 2. The van der Waals surface area contributed by atoms with E-state index in [1.807, 2.05) is 0 Å². The first kappa shape index (κ1) is 40.4. The van der Waals surface area contributed by atoms with E-state index in [1.54, 1.807) is 6.92 Å². The minimum Gasteiger partial charge on any atom is -0.462 e. The van der Waals surface area contributed by atoms with Gasteiger partial charge in [0.1, 0.15) is 12.7 Å². The van der Waals surface area contributed by atoms with Gasteiger partial charge in [0.15, 0.2) is 0 Å². The van der Waals surface area contributed by atoms with E-state index in [-0.39, 0.29) is 18.5 Å². The van der Waals surface area contributed by atoms with Crippen molar-refractivity contribution in [3.05, 3.63) is 72.9 Å². The van der Waals surface area contributed by atoms with E-state index in [2.05, 4.69) is 86.8 Å². The second-order valence-electron chi connectivity index (χ2n) is 11.2. The predicted molar refractivity (Wildman–Crippen MR) is 185 cm³/mol. The molecular weight excluding hydrogens is 532 g/mol. The minimum absolute atomic E-state index is 0.140. The molecule has 0 rings (SSSR count). The fraction of sp³-hybridized carbons (Fsp3) is 0.641. The van der Waals surface area contributed by atoms with Crippen LogP contribution < -0.4 is 0 Å². The maximum Gasteiger partial charge on any atom is 0.306 e. The standard InChI is InChI=1S/C39H64O4/c1-4-6-8-10-12-14-16-18-20-22-24-26-28-30-32-34-38(40)42-36-37(3)43-39(41)35-33-31-29-27-25-23-21-19-17-15-13-11-9-7-5-2/h6-9,12-15,18-21,37H,4-5,10-11,16-17,22-36H2,1-3H3/b8-6-,9-7-,14-12-,15-13-,20-18-,21-19-. The van der Waals surface area contributed by atoms with Gasteiger partial charge in [0.25, 0.3) is 0 Å². The van der Waals surface area contributed by atoms with Gasteiger partial charge in [-0.05, 0) is 84.0 Å². The molecule has 0 spiro atoms. The molecule has 1 unspecified atom stereocenters. The molecule has 0 N–H and O–H groups in total. The summed E-state index contributed by atoms with van der Waals surface area (Å²) < 4.78 is 10.7. The SMILES string of the molecule is CC/C=C\C/C=C\C/C=C\CCCCCCCC(=O)OCC(C)OC(=O)CCCCCCC/C=C\C/C=C\C/C=C\CC. The number of hydrogen-bond acceptors (Lipinski definition) is 4. The average Bonchev–Trinajstić information content (AvgIpc) is 3.00. The predicted octanol–water partition coefficient (Wildman–Crippen LogP) is 11.6. The molecule has 0 saturated carbocycles.